The van der Waals surface area contributed by atoms with E-state index in [1.54, 1.807) is 10.4 Å². The zero-order valence-corrected chi connectivity index (χ0v) is 12.1. The highest BCUT2D eigenvalue weighted by atomic mass is 32.1. The first-order valence-electron chi connectivity index (χ1n) is 7.12. The number of pyridine rings is 1. The van der Waals surface area contributed by atoms with Crippen LogP contribution in [0.4, 0.5) is 0 Å². The molecule has 0 saturated heterocycles. The summed E-state index contributed by atoms with van der Waals surface area (Å²) in [5, 5.41) is 3.50. The summed E-state index contributed by atoms with van der Waals surface area (Å²) in [7, 11) is 0. The summed E-state index contributed by atoms with van der Waals surface area (Å²) >= 11 is 1.97. The van der Waals surface area contributed by atoms with Crippen LogP contribution >= 0.6 is 11.3 Å². The molecule has 1 aliphatic carbocycles. The summed E-state index contributed by atoms with van der Waals surface area (Å²) < 4.78 is 2.07. The average Bonchev–Trinajstić information content (AvgIpc) is 3.10. The lowest BCUT2D eigenvalue weighted by Gasteiger charge is -1.99. The van der Waals surface area contributed by atoms with Gasteiger partial charge in [0, 0.05) is 35.2 Å². The molecular formula is C16H17N3S. The maximum absolute atomic E-state index is 4.60. The molecule has 3 aromatic heterocycles. The van der Waals surface area contributed by atoms with Crippen LogP contribution in [0.15, 0.2) is 36.7 Å². The van der Waals surface area contributed by atoms with E-state index in [2.05, 4.69) is 27.0 Å². The predicted molar refractivity (Wildman–Crippen MR) is 82.1 cm³/mol. The molecule has 3 heterocycles. The van der Waals surface area contributed by atoms with Gasteiger partial charge in [-0.2, -0.15) is 0 Å². The van der Waals surface area contributed by atoms with Crippen LogP contribution in [0.25, 0.3) is 5.65 Å². The summed E-state index contributed by atoms with van der Waals surface area (Å²) in [5.41, 5.74) is 3.69. The van der Waals surface area contributed by atoms with Crippen LogP contribution in [0.2, 0.25) is 0 Å². The van der Waals surface area contributed by atoms with Crippen LogP contribution in [0, 0.1) is 0 Å². The Morgan fingerprint density at radius 3 is 3.15 bits per heavy atom. The molecule has 0 aromatic carbocycles. The molecule has 0 saturated carbocycles. The molecule has 4 heteroatoms. The normalized spacial score (nSPS) is 14.0. The third-order valence-corrected chi connectivity index (χ3v) is 5.05. The first-order chi connectivity index (χ1) is 9.88. The van der Waals surface area contributed by atoms with Crippen molar-refractivity contribution in [1.82, 2.24) is 14.7 Å². The van der Waals surface area contributed by atoms with Gasteiger partial charge in [-0.05, 0) is 43.0 Å². The van der Waals surface area contributed by atoms with E-state index in [1.165, 1.54) is 24.1 Å². The second kappa shape index (κ2) is 5.04. The van der Waals surface area contributed by atoms with Gasteiger partial charge in [-0.1, -0.05) is 6.07 Å². The number of hydrogen-bond donors (Lipinski definition) is 1. The van der Waals surface area contributed by atoms with E-state index in [-0.39, 0.29) is 0 Å². The first-order valence-corrected chi connectivity index (χ1v) is 7.94. The number of thiophene rings is 1. The smallest absolute Gasteiger partial charge is 0.137 e. The molecule has 20 heavy (non-hydrogen) atoms. The predicted octanol–water partition coefficient (Wildman–Crippen LogP) is 3.17. The minimum atomic E-state index is 0.824. The van der Waals surface area contributed by atoms with Gasteiger partial charge in [-0.25, -0.2) is 4.98 Å². The largest absolute Gasteiger partial charge is 0.307 e. The van der Waals surface area contributed by atoms with E-state index < -0.39 is 0 Å². The molecular weight excluding hydrogens is 266 g/mol. The Morgan fingerprint density at radius 2 is 2.25 bits per heavy atom. The molecule has 0 spiro atoms. The second-order valence-electron chi connectivity index (χ2n) is 5.32. The molecule has 0 amide bonds. The van der Waals surface area contributed by atoms with Crippen molar-refractivity contribution in [2.45, 2.75) is 32.4 Å². The topological polar surface area (TPSA) is 29.3 Å². The average molecular weight is 283 g/mol. The van der Waals surface area contributed by atoms with Crippen molar-refractivity contribution in [2.75, 3.05) is 0 Å². The van der Waals surface area contributed by atoms with Gasteiger partial charge in [0.25, 0.3) is 0 Å². The van der Waals surface area contributed by atoms with E-state index >= 15 is 0 Å². The summed E-state index contributed by atoms with van der Waals surface area (Å²) in [5.74, 6) is 0. The van der Waals surface area contributed by atoms with E-state index in [0.717, 1.165) is 24.4 Å². The Hall–Kier alpha value is -1.65. The van der Waals surface area contributed by atoms with Gasteiger partial charge in [0.2, 0.25) is 0 Å². The van der Waals surface area contributed by atoms with Crippen molar-refractivity contribution in [2.24, 2.45) is 0 Å². The van der Waals surface area contributed by atoms with Crippen LogP contribution in [0.3, 0.4) is 0 Å². The van der Waals surface area contributed by atoms with Gasteiger partial charge in [0.1, 0.15) is 5.65 Å². The Labute approximate surface area is 122 Å². The summed E-state index contributed by atoms with van der Waals surface area (Å²) in [6, 6.07) is 8.46. The minimum Gasteiger partial charge on any atom is -0.307 e. The maximum Gasteiger partial charge on any atom is 0.137 e. The summed E-state index contributed by atoms with van der Waals surface area (Å²) in [6.07, 6.45) is 8.03. The molecule has 0 unspecified atom stereocenters. The van der Waals surface area contributed by atoms with Crippen LogP contribution < -0.4 is 5.32 Å². The van der Waals surface area contributed by atoms with E-state index in [1.807, 2.05) is 35.7 Å². The first kappa shape index (κ1) is 12.1. The maximum atomic E-state index is 4.60. The molecule has 3 aromatic rings. The second-order valence-corrected chi connectivity index (χ2v) is 6.54. The van der Waals surface area contributed by atoms with Crippen molar-refractivity contribution in [3.8, 4) is 0 Å². The molecule has 1 N–H and O–H groups in total. The van der Waals surface area contributed by atoms with Gasteiger partial charge in [-0.15, -0.1) is 11.3 Å². The SMILES string of the molecule is c1ccn2cc(CNCc3cc4c(s3)CCC4)nc2c1. The van der Waals surface area contributed by atoms with Gasteiger partial charge >= 0.3 is 0 Å². The summed E-state index contributed by atoms with van der Waals surface area (Å²) in [6.45, 7) is 1.77. The molecule has 0 bridgehead atoms. The fourth-order valence-corrected chi connectivity index (χ4v) is 4.09. The lowest BCUT2D eigenvalue weighted by molar-refractivity contribution is 0.689. The molecule has 0 radical (unpaired) electrons. The van der Waals surface area contributed by atoms with Crippen molar-refractivity contribution in [3.05, 3.63) is 57.7 Å². The number of hydrogen-bond acceptors (Lipinski definition) is 3. The number of imidazole rings is 1. The number of fused-ring (bicyclic) bond motifs is 2. The zero-order valence-electron chi connectivity index (χ0n) is 11.3. The molecule has 4 rings (SSSR count). The number of nitrogens with one attached hydrogen (secondary N) is 1. The number of aryl methyl sites for hydroxylation is 2. The van der Waals surface area contributed by atoms with Crippen molar-refractivity contribution >= 4 is 17.0 Å². The van der Waals surface area contributed by atoms with E-state index in [9.17, 15) is 0 Å². The minimum absolute atomic E-state index is 0.824. The van der Waals surface area contributed by atoms with Crippen molar-refractivity contribution in [3.63, 3.8) is 0 Å². The molecule has 0 fully saturated rings. The quantitative estimate of drug-likeness (QED) is 0.797. The Balaban J connectivity index is 1.40. The Morgan fingerprint density at radius 1 is 1.25 bits per heavy atom. The fraction of sp³-hybridized carbons (Fsp3) is 0.312. The van der Waals surface area contributed by atoms with E-state index in [4.69, 9.17) is 0 Å². The lowest BCUT2D eigenvalue weighted by atomic mass is 10.2. The van der Waals surface area contributed by atoms with Crippen LogP contribution in [0.5, 0.6) is 0 Å². The Kier molecular flexibility index (Phi) is 3.05. The van der Waals surface area contributed by atoms with Crippen LogP contribution in [0.1, 0.15) is 27.4 Å². The molecule has 102 valence electrons. The third-order valence-electron chi connectivity index (χ3n) is 3.82. The van der Waals surface area contributed by atoms with Gasteiger partial charge in [0.15, 0.2) is 0 Å². The zero-order chi connectivity index (χ0) is 13.4. The highest BCUT2D eigenvalue weighted by Gasteiger charge is 2.14. The third kappa shape index (κ3) is 2.25. The number of nitrogens with zero attached hydrogens (tertiary/aromatic N) is 2. The van der Waals surface area contributed by atoms with Crippen LogP contribution in [-0.2, 0) is 25.9 Å². The molecule has 1 aliphatic rings. The standard InChI is InChI=1S/C16H17N3S/c1-2-7-19-11-13(18-16(19)6-1)9-17-10-14-8-12-4-3-5-15(12)20-14/h1-2,6-8,11,17H,3-5,9-10H2. The van der Waals surface area contributed by atoms with Crippen LogP contribution in [-0.4, -0.2) is 9.38 Å². The van der Waals surface area contributed by atoms with Gasteiger partial charge < -0.3 is 9.72 Å². The molecule has 0 atom stereocenters. The Bertz CT molecular complexity index is 687. The highest BCUT2D eigenvalue weighted by molar-refractivity contribution is 7.12. The number of rotatable bonds is 4. The monoisotopic (exact) mass is 283 g/mol. The summed E-state index contributed by atoms with van der Waals surface area (Å²) in [4.78, 5) is 7.66. The number of aromatic nitrogens is 2. The van der Waals surface area contributed by atoms with Gasteiger partial charge in [-0.3, -0.25) is 0 Å². The molecule has 0 aliphatic heterocycles. The molecule has 3 nitrogen and oxygen atoms in total. The van der Waals surface area contributed by atoms with Gasteiger partial charge in [0.05, 0.1) is 5.69 Å². The lowest BCUT2D eigenvalue weighted by Crippen LogP contribution is -2.11. The fourth-order valence-electron chi connectivity index (χ4n) is 2.86. The van der Waals surface area contributed by atoms with Crippen molar-refractivity contribution in [1.29, 1.82) is 0 Å². The highest BCUT2D eigenvalue weighted by Crippen LogP contribution is 2.30. The van der Waals surface area contributed by atoms with E-state index in [0.29, 0.717) is 0 Å². The van der Waals surface area contributed by atoms with Crippen molar-refractivity contribution < 1.29 is 0 Å².